The largest absolute Gasteiger partial charge is 0.502 e. The second kappa shape index (κ2) is 24.8. The van der Waals surface area contributed by atoms with Gasteiger partial charge in [-0.1, -0.05) is 32.9 Å². The van der Waals surface area contributed by atoms with Gasteiger partial charge in [-0.2, -0.15) is 0 Å². The highest BCUT2D eigenvalue weighted by molar-refractivity contribution is 5.97. The summed E-state index contributed by atoms with van der Waals surface area (Å²) in [6.07, 6.45) is 13.3. The predicted molar refractivity (Wildman–Crippen MR) is 199 cm³/mol. The molecule has 0 fully saturated rings. The lowest BCUT2D eigenvalue weighted by Gasteiger charge is -2.13. The van der Waals surface area contributed by atoms with Gasteiger partial charge in [-0.25, -0.2) is 14.4 Å². The highest BCUT2D eigenvalue weighted by Crippen LogP contribution is 2.28. The minimum Gasteiger partial charge on any atom is -0.502 e. The zero-order valence-electron chi connectivity index (χ0n) is 30.3. The van der Waals surface area contributed by atoms with Gasteiger partial charge >= 0.3 is 17.9 Å². The third kappa shape index (κ3) is 15.7. The van der Waals surface area contributed by atoms with Crippen molar-refractivity contribution in [3.63, 3.8) is 0 Å². The van der Waals surface area contributed by atoms with Crippen LogP contribution in [0.3, 0.4) is 0 Å². The van der Waals surface area contributed by atoms with Crippen molar-refractivity contribution in [3.05, 3.63) is 109 Å². The van der Waals surface area contributed by atoms with E-state index in [-0.39, 0.29) is 29.2 Å². The van der Waals surface area contributed by atoms with E-state index in [1.54, 1.807) is 48.5 Å². The normalized spacial score (nSPS) is 10.5. The Hall–Kier alpha value is -5.25. The molecule has 0 bridgehead atoms. The van der Waals surface area contributed by atoms with Crippen LogP contribution < -0.4 is 18.9 Å². The van der Waals surface area contributed by atoms with E-state index < -0.39 is 17.9 Å². The second-order valence-corrected chi connectivity index (χ2v) is 11.9. The van der Waals surface area contributed by atoms with Crippen LogP contribution in [0.2, 0.25) is 0 Å². The number of hydrogen-bond donors (Lipinski definition) is 0. The molecule has 10 heteroatoms. The summed E-state index contributed by atoms with van der Waals surface area (Å²) < 4.78 is 38.5. The molecular formula is C42H52O10. The monoisotopic (exact) mass is 716 g/mol. The fourth-order valence-electron chi connectivity index (χ4n) is 4.94. The average molecular weight is 717 g/mol. The number of ether oxygens (including phenoxy) is 7. The van der Waals surface area contributed by atoms with Gasteiger partial charge in [0.2, 0.25) is 0 Å². The van der Waals surface area contributed by atoms with Crippen LogP contribution in [0.4, 0.5) is 0 Å². The van der Waals surface area contributed by atoms with E-state index in [9.17, 15) is 14.4 Å². The van der Waals surface area contributed by atoms with E-state index in [2.05, 4.69) is 13.2 Å². The Bertz CT molecular complexity index is 1510. The third-order valence-electron chi connectivity index (χ3n) is 7.83. The van der Waals surface area contributed by atoms with Crippen LogP contribution >= 0.6 is 0 Å². The lowest BCUT2D eigenvalue weighted by atomic mass is 10.1. The zero-order valence-corrected chi connectivity index (χ0v) is 30.3. The first kappa shape index (κ1) is 41.2. The molecule has 0 saturated heterocycles. The van der Waals surface area contributed by atoms with Crippen LogP contribution in [0.5, 0.6) is 23.0 Å². The number of unbranched alkanes of at least 4 members (excludes halogenated alkanes) is 8. The van der Waals surface area contributed by atoms with Crippen LogP contribution in [0.1, 0.15) is 109 Å². The molecule has 0 aliphatic carbocycles. The fourth-order valence-corrected chi connectivity index (χ4v) is 4.94. The quantitative estimate of drug-likeness (QED) is 0.0327. The Balaban J connectivity index is 1.57. The highest BCUT2D eigenvalue weighted by atomic mass is 16.6. The van der Waals surface area contributed by atoms with E-state index in [1.165, 1.54) is 30.7 Å². The average Bonchev–Trinajstić information content (AvgIpc) is 3.16. The van der Waals surface area contributed by atoms with Crippen molar-refractivity contribution < 1.29 is 47.5 Å². The first-order chi connectivity index (χ1) is 25.4. The molecule has 3 aromatic carbocycles. The van der Waals surface area contributed by atoms with Gasteiger partial charge in [0.15, 0.2) is 0 Å². The Kier molecular flexibility index (Phi) is 19.7. The summed E-state index contributed by atoms with van der Waals surface area (Å²) in [4.78, 5) is 39.2. The van der Waals surface area contributed by atoms with E-state index in [0.717, 1.165) is 64.2 Å². The molecule has 0 aliphatic heterocycles. The Morgan fingerprint density at radius 3 is 1.48 bits per heavy atom. The van der Waals surface area contributed by atoms with Gasteiger partial charge in [0.05, 0.1) is 56.7 Å². The Morgan fingerprint density at radius 2 is 0.981 bits per heavy atom. The van der Waals surface area contributed by atoms with Gasteiger partial charge in [0.1, 0.15) is 28.6 Å². The minimum atomic E-state index is -0.694. The van der Waals surface area contributed by atoms with Gasteiger partial charge in [-0.05, 0) is 125 Å². The van der Waals surface area contributed by atoms with E-state index in [1.807, 2.05) is 6.92 Å². The SMILES string of the molecule is C=COCCCCCCOc1ccc(C(=O)Oc2ccc(OC(=O)c3ccc(OCCCCCCOC=C)cc3)c(C(=O)OCCCCC)c2)cc1. The van der Waals surface area contributed by atoms with Crippen LogP contribution in [0.15, 0.2) is 92.4 Å². The number of hydrogen-bond acceptors (Lipinski definition) is 10. The zero-order chi connectivity index (χ0) is 37.2. The molecule has 280 valence electrons. The van der Waals surface area contributed by atoms with Crippen molar-refractivity contribution in [2.24, 2.45) is 0 Å². The maximum absolute atomic E-state index is 13.1. The maximum Gasteiger partial charge on any atom is 0.343 e. The van der Waals surface area contributed by atoms with Crippen molar-refractivity contribution in [2.75, 3.05) is 33.0 Å². The van der Waals surface area contributed by atoms with Crippen molar-refractivity contribution in [1.82, 2.24) is 0 Å². The van der Waals surface area contributed by atoms with E-state index >= 15 is 0 Å². The molecule has 0 spiro atoms. The highest BCUT2D eigenvalue weighted by Gasteiger charge is 2.21. The molecule has 0 unspecified atom stereocenters. The molecule has 3 rings (SSSR count). The molecular weight excluding hydrogens is 664 g/mol. The smallest absolute Gasteiger partial charge is 0.343 e. The first-order valence-electron chi connectivity index (χ1n) is 18.1. The minimum absolute atomic E-state index is 0.0179. The molecule has 10 nitrogen and oxygen atoms in total. The summed E-state index contributed by atoms with van der Waals surface area (Å²) >= 11 is 0. The van der Waals surface area contributed by atoms with Crippen LogP contribution in [-0.2, 0) is 14.2 Å². The molecule has 0 heterocycles. The maximum atomic E-state index is 13.1. The lowest BCUT2D eigenvalue weighted by molar-refractivity contribution is 0.0490. The van der Waals surface area contributed by atoms with Gasteiger partial charge in [-0.15, -0.1) is 0 Å². The number of carbonyl (C=O) groups is 3. The predicted octanol–water partition coefficient (Wildman–Crippen LogP) is 9.67. The first-order valence-corrected chi connectivity index (χ1v) is 18.1. The van der Waals surface area contributed by atoms with Gasteiger partial charge in [-0.3, -0.25) is 0 Å². The van der Waals surface area contributed by atoms with Crippen molar-refractivity contribution >= 4 is 17.9 Å². The van der Waals surface area contributed by atoms with Crippen molar-refractivity contribution in [2.45, 2.75) is 77.6 Å². The van der Waals surface area contributed by atoms with E-state index in [4.69, 9.17) is 33.2 Å². The molecule has 0 saturated carbocycles. The molecule has 52 heavy (non-hydrogen) atoms. The third-order valence-corrected chi connectivity index (χ3v) is 7.83. The number of carbonyl (C=O) groups excluding carboxylic acids is 3. The van der Waals surface area contributed by atoms with Crippen molar-refractivity contribution in [3.8, 4) is 23.0 Å². The summed E-state index contributed by atoms with van der Waals surface area (Å²) in [7, 11) is 0. The summed E-state index contributed by atoms with van der Waals surface area (Å²) in [6.45, 7) is 11.8. The summed E-state index contributed by atoms with van der Waals surface area (Å²) in [5.74, 6) is -0.634. The molecule has 0 aromatic heterocycles. The van der Waals surface area contributed by atoms with E-state index in [0.29, 0.717) is 49.9 Å². The van der Waals surface area contributed by atoms with Gasteiger partial charge in [0, 0.05) is 0 Å². The molecule has 0 N–H and O–H groups in total. The van der Waals surface area contributed by atoms with Crippen LogP contribution in [0.25, 0.3) is 0 Å². The van der Waals surface area contributed by atoms with Gasteiger partial charge < -0.3 is 33.2 Å². The Morgan fingerprint density at radius 1 is 0.519 bits per heavy atom. The van der Waals surface area contributed by atoms with Crippen molar-refractivity contribution in [1.29, 1.82) is 0 Å². The standard InChI is InChI=1S/C42H52O10/c1-4-7-12-31-50-42(45)38-32-37(51-40(43)33-17-21-35(22-18-33)48-29-15-10-8-13-27-46-5-2)25-26-39(38)52-41(44)34-19-23-36(24-20-34)49-30-16-11-9-14-28-47-6-3/h5-6,17-26,32H,2-4,7-16,27-31H2,1H3. The summed E-state index contributed by atoms with van der Waals surface area (Å²) in [6, 6.07) is 17.4. The molecule has 0 aliphatic rings. The lowest BCUT2D eigenvalue weighted by Crippen LogP contribution is -2.14. The topological polar surface area (TPSA) is 116 Å². The number of esters is 3. The summed E-state index contributed by atoms with van der Waals surface area (Å²) in [5, 5.41) is 0. The number of benzene rings is 3. The van der Waals surface area contributed by atoms with Gasteiger partial charge in [0.25, 0.3) is 0 Å². The van der Waals surface area contributed by atoms with Crippen LogP contribution in [-0.4, -0.2) is 50.9 Å². The molecule has 0 amide bonds. The molecule has 0 radical (unpaired) electrons. The second-order valence-electron chi connectivity index (χ2n) is 11.9. The fraction of sp³-hybridized carbons (Fsp3) is 0.405. The summed E-state index contributed by atoms with van der Waals surface area (Å²) in [5.41, 5.74) is 0.535. The van der Waals surface area contributed by atoms with Crippen LogP contribution in [0, 0.1) is 0 Å². The molecule has 0 atom stereocenters. The molecule has 3 aromatic rings. The number of rotatable bonds is 27. The Labute approximate surface area is 307 Å².